The molecule has 8 heteroatoms. The summed E-state index contributed by atoms with van der Waals surface area (Å²) in [6, 6.07) is 0.145. The molecule has 0 unspecified atom stereocenters. The second-order valence-electron chi connectivity index (χ2n) is 4.53. The van der Waals surface area contributed by atoms with Gasteiger partial charge in [0.1, 0.15) is 0 Å². The van der Waals surface area contributed by atoms with E-state index >= 15 is 0 Å². The maximum atomic E-state index is 12.2. The molecule has 1 fully saturated rings. The van der Waals surface area contributed by atoms with Crippen LogP contribution in [0.3, 0.4) is 0 Å². The molecular formula is C11H17N5O3. The van der Waals surface area contributed by atoms with Gasteiger partial charge in [0.25, 0.3) is 5.91 Å². The molecule has 19 heavy (non-hydrogen) atoms. The summed E-state index contributed by atoms with van der Waals surface area (Å²) in [5.41, 5.74) is 5.64. The third kappa shape index (κ3) is 3.50. The van der Waals surface area contributed by atoms with Gasteiger partial charge in [0.15, 0.2) is 5.69 Å². The van der Waals surface area contributed by atoms with Gasteiger partial charge in [-0.1, -0.05) is 5.21 Å². The Balaban J connectivity index is 2.03. The molecule has 3 N–H and O–H groups in total. The van der Waals surface area contributed by atoms with Crippen LogP contribution in [0.1, 0.15) is 29.8 Å². The van der Waals surface area contributed by atoms with Crippen molar-refractivity contribution in [2.24, 2.45) is 5.73 Å². The maximum Gasteiger partial charge on any atom is 0.305 e. The molecule has 104 valence electrons. The first kappa shape index (κ1) is 13.5. The Morgan fingerprint density at radius 1 is 1.53 bits per heavy atom. The molecule has 1 heterocycles. The summed E-state index contributed by atoms with van der Waals surface area (Å²) in [6.07, 6.45) is 3.33. The van der Waals surface area contributed by atoms with Gasteiger partial charge in [-0.2, -0.15) is 0 Å². The van der Waals surface area contributed by atoms with E-state index in [2.05, 4.69) is 10.3 Å². The lowest BCUT2D eigenvalue weighted by Gasteiger charge is -2.20. The smallest absolute Gasteiger partial charge is 0.305 e. The van der Waals surface area contributed by atoms with Crippen molar-refractivity contribution in [2.45, 2.75) is 31.8 Å². The number of aromatic nitrogens is 3. The Bertz CT molecular complexity index is 469. The number of carboxylic acids is 1. The van der Waals surface area contributed by atoms with E-state index in [1.165, 1.54) is 4.68 Å². The van der Waals surface area contributed by atoms with Gasteiger partial charge in [-0.3, -0.25) is 14.3 Å². The number of nitrogens with zero attached hydrogens (tertiary/aromatic N) is 4. The molecule has 0 aromatic carbocycles. The largest absolute Gasteiger partial charge is 0.481 e. The van der Waals surface area contributed by atoms with E-state index in [1.54, 1.807) is 11.1 Å². The molecule has 8 nitrogen and oxygen atoms in total. The summed E-state index contributed by atoms with van der Waals surface area (Å²) in [5, 5.41) is 16.3. The lowest BCUT2D eigenvalue weighted by atomic mass is 10.3. The summed E-state index contributed by atoms with van der Waals surface area (Å²) in [6.45, 7) is 1.13. The van der Waals surface area contributed by atoms with Crippen LogP contribution in [0.5, 0.6) is 0 Å². The molecule has 0 radical (unpaired) electrons. The molecule has 0 spiro atoms. The zero-order chi connectivity index (χ0) is 13.8. The highest BCUT2D eigenvalue weighted by Gasteiger charge is 2.34. The van der Waals surface area contributed by atoms with E-state index in [0.29, 0.717) is 13.1 Å². The van der Waals surface area contributed by atoms with E-state index in [9.17, 15) is 9.59 Å². The highest BCUT2D eigenvalue weighted by molar-refractivity contribution is 5.92. The number of carbonyl (C=O) groups is 2. The second-order valence-corrected chi connectivity index (χ2v) is 4.53. The molecule has 1 saturated carbocycles. The van der Waals surface area contributed by atoms with Crippen molar-refractivity contribution in [3.05, 3.63) is 11.9 Å². The Hall–Kier alpha value is -1.96. The number of rotatable bonds is 7. The van der Waals surface area contributed by atoms with Crippen molar-refractivity contribution >= 4 is 11.9 Å². The van der Waals surface area contributed by atoms with Gasteiger partial charge >= 0.3 is 5.97 Å². The quantitative estimate of drug-likeness (QED) is 0.676. The van der Waals surface area contributed by atoms with Crippen molar-refractivity contribution in [3.63, 3.8) is 0 Å². The minimum absolute atomic E-state index is 0.0564. The molecule has 2 rings (SSSR count). The van der Waals surface area contributed by atoms with Gasteiger partial charge in [-0.25, -0.2) is 0 Å². The van der Waals surface area contributed by atoms with Gasteiger partial charge in [0.2, 0.25) is 0 Å². The van der Waals surface area contributed by atoms with Crippen LogP contribution in [0.25, 0.3) is 0 Å². The highest BCUT2D eigenvalue weighted by atomic mass is 16.4. The molecule has 1 aromatic rings. The fraction of sp³-hybridized carbons (Fsp3) is 0.636. The lowest BCUT2D eigenvalue weighted by Crippen LogP contribution is -2.35. The molecule has 0 aliphatic heterocycles. The normalized spacial score (nSPS) is 14.4. The van der Waals surface area contributed by atoms with Gasteiger partial charge in [0, 0.05) is 19.1 Å². The molecule has 0 bridgehead atoms. The first-order chi connectivity index (χ1) is 9.11. The summed E-state index contributed by atoms with van der Waals surface area (Å²) in [4.78, 5) is 24.4. The zero-order valence-corrected chi connectivity index (χ0v) is 10.5. The number of amides is 1. The van der Waals surface area contributed by atoms with Gasteiger partial charge in [-0.15, -0.1) is 5.10 Å². The van der Waals surface area contributed by atoms with Crippen LogP contribution in [0.4, 0.5) is 0 Å². The Kier molecular flexibility index (Phi) is 4.10. The molecule has 0 saturated heterocycles. The number of nitrogens with two attached hydrogens (primary N) is 1. The molecule has 1 aromatic heterocycles. The monoisotopic (exact) mass is 267 g/mol. The van der Waals surface area contributed by atoms with E-state index < -0.39 is 5.97 Å². The fourth-order valence-electron chi connectivity index (χ4n) is 1.84. The topological polar surface area (TPSA) is 114 Å². The van der Waals surface area contributed by atoms with Crippen molar-refractivity contribution in [1.29, 1.82) is 0 Å². The first-order valence-corrected chi connectivity index (χ1v) is 6.24. The minimum Gasteiger partial charge on any atom is -0.481 e. The van der Waals surface area contributed by atoms with Gasteiger partial charge < -0.3 is 15.7 Å². The highest BCUT2D eigenvalue weighted by Crippen LogP contribution is 2.28. The summed E-state index contributed by atoms with van der Waals surface area (Å²) < 4.78 is 1.51. The molecule has 0 atom stereocenters. The lowest BCUT2D eigenvalue weighted by molar-refractivity contribution is -0.137. The summed E-state index contributed by atoms with van der Waals surface area (Å²) in [7, 11) is 0. The van der Waals surface area contributed by atoms with E-state index in [-0.39, 0.29) is 30.6 Å². The van der Waals surface area contributed by atoms with E-state index in [4.69, 9.17) is 10.8 Å². The van der Waals surface area contributed by atoms with Gasteiger partial charge in [0.05, 0.1) is 19.2 Å². The van der Waals surface area contributed by atoms with Crippen LogP contribution >= 0.6 is 0 Å². The molecule has 1 aliphatic rings. The van der Waals surface area contributed by atoms with Crippen LogP contribution in [-0.4, -0.2) is 56.0 Å². The van der Waals surface area contributed by atoms with E-state index in [0.717, 1.165) is 12.8 Å². The Morgan fingerprint density at radius 3 is 2.84 bits per heavy atom. The summed E-state index contributed by atoms with van der Waals surface area (Å²) in [5.74, 6) is -1.17. The van der Waals surface area contributed by atoms with Crippen LogP contribution in [-0.2, 0) is 11.3 Å². The van der Waals surface area contributed by atoms with Crippen LogP contribution < -0.4 is 5.73 Å². The molecule has 1 aliphatic carbocycles. The number of aliphatic carboxylic acids is 1. The number of hydrogen-bond donors (Lipinski definition) is 2. The zero-order valence-electron chi connectivity index (χ0n) is 10.5. The van der Waals surface area contributed by atoms with Gasteiger partial charge in [-0.05, 0) is 12.8 Å². The number of hydrogen-bond acceptors (Lipinski definition) is 5. The Morgan fingerprint density at radius 2 is 2.26 bits per heavy atom. The average Bonchev–Trinajstić information content (AvgIpc) is 3.09. The van der Waals surface area contributed by atoms with Crippen molar-refractivity contribution in [1.82, 2.24) is 19.9 Å². The molecule has 1 amide bonds. The second kappa shape index (κ2) is 5.79. The number of carboxylic acid groups (broad SMARTS) is 1. The van der Waals surface area contributed by atoms with Crippen LogP contribution in [0.2, 0.25) is 0 Å². The third-order valence-electron chi connectivity index (χ3n) is 2.93. The minimum atomic E-state index is -0.912. The first-order valence-electron chi connectivity index (χ1n) is 6.24. The summed E-state index contributed by atoms with van der Waals surface area (Å²) >= 11 is 0. The SMILES string of the molecule is NCCn1cc(C(=O)N(CCC(=O)O)C2CC2)nn1. The van der Waals surface area contributed by atoms with Crippen molar-refractivity contribution in [3.8, 4) is 0 Å². The number of carbonyl (C=O) groups excluding carboxylic acids is 1. The maximum absolute atomic E-state index is 12.2. The van der Waals surface area contributed by atoms with Crippen molar-refractivity contribution in [2.75, 3.05) is 13.1 Å². The Labute approximate surface area is 110 Å². The van der Waals surface area contributed by atoms with Crippen molar-refractivity contribution < 1.29 is 14.7 Å². The predicted molar refractivity (Wildman–Crippen MR) is 65.4 cm³/mol. The van der Waals surface area contributed by atoms with Crippen LogP contribution in [0, 0.1) is 0 Å². The molecular weight excluding hydrogens is 250 g/mol. The third-order valence-corrected chi connectivity index (χ3v) is 2.93. The standard InChI is InChI=1S/C11H17N5O3/c12-4-6-15-7-9(13-14-15)11(19)16(8-1-2-8)5-3-10(17)18/h7-8H,1-6,12H2,(H,17,18). The average molecular weight is 267 g/mol. The fourth-order valence-corrected chi connectivity index (χ4v) is 1.84. The predicted octanol–water partition coefficient (Wildman–Crippen LogP) is -0.684. The van der Waals surface area contributed by atoms with E-state index in [1.807, 2.05) is 0 Å². The van der Waals surface area contributed by atoms with Crippen LogP contribution in [0.15, 0.2) is 6.20 Å².